The van der Waals surface area contributed by atoms with Crippen LogP contribution in [0, 0.1) is 6.92 Å². The highest BCUT2D eigenvalue weighted by Crippen LogP contribution is 2.30. The van der Waals surface area contributed by atoms with Crippen molar-refractivity contribution in [1.82, 2.24) is 9.97 Å². The standard InChI is InChI=1S/C14H15Cl2N3/c1-4-10-8(2)18-14(19-13(10)17-3)11-6-5-9(15)7-12(11)16/h5-7H,4H2,1-3H3,(H,17,18,19). The van der Waals surface area contributed by atoms with Gasteiger partial charge >= 0.3 is 0 Å². The van der Waals surface area contributed by atoms with E-state index in [0.717, 1.165) is 29.1 Å². The first-order chi connectivity index (χ1) is 9.06. The Morgan fingerprint density at radius 2 is 1.95 bits per heavy atom. The van der Waals surface area contributed by atoms with E-state index in [1.54, 1.807) is 12.1 Å². The minimum Gasteiger partial charge on any atom is -0.373 e. The van der Waals surface area contributed by atoms with Crippen molar-refractivity contribution >= 4 is 29.0 Å². The molecule has 3 nitrogen and oxygen atoms in total. The van der Waals surface area contributed by atoms with Crippen molar-refractivity contribution < 1.29 is 0 Å². The SMILES string of the molecule is CCc1c(C)nc(-c2ccc(Cl)cc2Cl)nc1NC. The minimum atomic E-state index is 0.554. The Morgan fingerprint density at radius 3 is 2.53 bits per heavy atom. The van der Waals surface area contributed by atoms with E-state index in [1.165, 1.54) is 0 Å². The van der Waals surface area contributed by atoms with E-state index in [4.69, 9.17) is 23.2 Å². The minimum absolute atomic E-state index is 0.554. The molecule has 19 heavy (non-hydrogen) atoms. The number of benzene rings is 1. The summed E-state index contributed by atoms with van der Waals surface area (Å²) < 4.78 is 0. The molecule has 0 saturated carbocycles. The van der Waals surface area contributed by atoms with Gasteiger partial charge in [0.15, 0.2) is 5.82 Å². The zero-order valence-corrected chi connectivity index (χ0v) is 12.6. The van der Waals surface area contributed by atoms with Gasteiger partial charge in [-0.2, -0.15) is 0 Å². The second-order valence-corrected chi connectivity index (χ2v) is 5.03. The summed E-state index contributed by atoms with van der Waals surface area (Å²) in [5.74, 6) is 1.46. The van der Waals surface area contributed by atoms with Crippen molar-refractivity contribution in [3.05, 3.63) is 39.5 Å². The maximum atomic E-state index is 6.20. The molecule has 0 fully saturated rings. The first-order valence-electron chi connectivity index (χ1n) is 6.07. The summed E-state index contributed by atoms with van der Waals surface area (Å²) in [5, 5.41) is 4.26. The summed E-state index contributed by atoms with van der Waals surface area (Å²) in [4.78, 5) is 9.07. The van der Waals surface area contributed by atoms with Gasteiger partial charge in [0.05, 0.1) is 5.02 Å². The highest BCUT2D eigenvalue weighted by Gasteiger charge is 2.13. The molecule has 1 heterocycles. The number of hydrogen-bond donors (Lipinski definition) is 1. The van der Waals surface area contributed by atoms with Crippen LogP contribution in [-0.2, 0) is 6.42 Å². The van der Waals surface area contributed by atoms with E-state index in [2.05, 4.69) is 22.2 Å². The number of nitrogens with one attached hydrogen (secondary N) is 1. The lowest BCUT2D eigenvalue weighted by Crippen LogP contribution is -2.05. The predicted octanol–water partition coefficient (Wildman–Crippen LogP) is 4.36. The van der Waals surface area contributed by atoms with Crippen LogP contribution in [0.1, 0.15) is 18.2 Å². The van der Waals surface area contributed by atoms with Crippen LogP contribution >= 0.6 is 23.2 Å². The number of rotatable bonds is 3. The molecule has 1 N–H and O–H groups in total. The van der Waals surface area contributed by atoms with Gasteiger partial charge in [-0.3, -0.25) is 0 Å². The van der Waals surface area contributed by atoms with Crippen molar-refractivity contribution in [1.29, 1.82) is 0 Å². The fourth-order valence-corrected chi connectivity index (χ4v) is 2.51. The van der Waals surface area contributed by atoms with Gasteiger partial charge < -0.3 is 5.32 Å². The molecular weight excluding hydrogens is 281 g/mol. The summed E-state index contributed by atoms with van der Waals surface area (Å²) in [7, 11) is 1.86. The second-order valence-electron chi connectivity index (χ2n) is 4.19. The van der Waals surface area contributed by atoms with Crippen LogP contribution in [0.2, 0.25) is 10.0 Å². The molecule has 0 bridgehead atoms. The number of halogens is 2. The van der Waals surface area contributed by atoms with E-state index >= 15 is 0 Å². The van der Waals surface area contributed by atoms with Gasteiger partial charge in [-0.15, -0.1) is 0 Å². The lowest BCUT2D eigenvalue weighted by Gasteiger charge is -2.12. The van der Waals surface area contributed by atoms with Gasteiger partial charge in [0, 0.05) is 28.9 Å². The van der Waals surface area contributed by atoms with Crippen LogP contribution < -0.4 is 5.32 Å². The summed E-state index contributed by atoms with van der Waals surface area (Å²) >= 11 is 12.1. The normalized spacial score (nSPS) is 10.6. The molecule has 1 aromatic carbocycles. The average molecular weight is 296 g/mol. The van der Waals surface area contributed by atoms with Crippen molar-refractivity contribution in [2.45, 2.75) is 20.3 Å². The van der Waals surface area contributed by atoms with Gasteiger partial charge in [-0.1, -0.05) is 30.1 Å². The molecule has 0 radical (unpaired) electrons. The van der Waals surface area contributed by atoms with Crippen LogP contribution in [0.4, 0.5) is 5.82 Å². The molecule has 0 amide bonds. The zero-order chi connectivity index (χ0) is 14.0. The molecule has 100 valence electrons. The Kier molecular flexibility index (Phi) is 4.27. The molecular formula is C14H15Cl2N3. The molecule has 2 aromatic rings. The van der Waals surface area contributed by atoms with Crippen molar-refractivity contribution in [2.24, 2.45) is 0 Å². The monoisotopic (exact) mass is 295 g/mol. The Balaban J connectivity index is 2.60. The van der Waals surface area contributed by atoms with E-state index in [9.17, 15) is 0 Å². The van der Waals surface area contributed by atoms with E-state index < -0.39 is 0 Å². The molecule has 0 saturated heterocycles. The predicted molar refractivity (Wildman–Crippen MR) is 81.1 cm³/mol. The lowest BCUT2D eigenvalue weighted by atomic mass is 10.1. The average Bonchev–Trinajstić information content (AvgIpc) is 2.37. The molecule has 0 spiro atoms. The Labute approximate surface area is 123 Å². The molecule has 2 rings (SSSR count). The van der Waals surface area contributed by atoms with Gasteiger partial charge in [-0.05, 0) is 31.5 Å². The third-order valence-electron chi connectivity index (χ3n) is 2.98. The van der Waals surface area contributed by atoms with Crippen LogP contribution in [0.15, 0.2) is 18.2 Å². The molecule has 0 atom stereocenters. The summed E-state index contributed by atoms with van der Waals surface area (Å²) in [6.45, 7) is 4.07. The highest BCUT2D eigenvalue weighted by atomic mass is 35.5. The summed E-state index contributed by atoms with van der Waals surface area (Å²) in [5.41, 5.74) is 2.87. The maximum absolute atomic E-state index is 6.20. The first kappa shape index (κ1) is 14.1. The quantitative estimate of drug-likeness (QED) is 0.914. The highest BCUT2D eigenvalue weighted by molar-refractivity contribution is 6.36. The Bertz CT molecular complexity index is 612. The summed E-state index contributed by atoms with van der Waals surface area (Å²) in [6, 6.07) is 5.32. The zero-order valence-electron chi connectivity index (χ0n) is 11.1. The molecule has 0 unspecified atom stereocenters. The number of hydrogen-bond acceptors (Lipinski definition) is 3. The fraction of sp³-hybridized carbons (Fsp3) is 0.286. The van der Waals surface area contributed by atoms with E-state index in [1.807, 2.05) is 20.0 Å². The largest absolute Gasteiger partial charge is 0.373 e. The first-order valence-corrected chi connectivity index (χ1v) is 6.83. The van der Waals surface area contributed by atoms with Gasteiger partial charge in [0.1, 0.15) is 5.82 Å². The number of nitrogens with zero attached hydrogens (tertiary/aromatic N) is 2. The number of aryl methyl sites for hydroxylation is 1. The van der Waals surface area contributed by atoms with Gasteiger partial charge in [-0.25, -0.2) is 9.97 Å². The third-order valence-corrected chi connectivity index (χ3v) is 3.52. The van der Waals surface area contributed by atoms with Crippen molar-refractivity contribution in [3.8, 4) is 11.4 Å². The molecule has 5 heteroatoms. The molecule has 1 aromatic heterocycles. The molecule has 0 aliphatic rings. The second kappa shape index (κ2) is 5.76. The van der Waals surface area contributed by atoms with Crippen molar-refractivity contribution in [3.63, 3.8) is 0 Å². The lowest BCUT2D eigenvalue weighted by molar-refractivity contribution is 1.00. The van der Waals surface area contributed by atoms with Gasteiger partial charge in [0.25, 0.3) is 0 Å². The Morgan fingerprint density at radius 1 is 1.21 bits per heavy atom. The van der Waals surface area contributed by atoms with Crippen LogP contribution in [0.3, 0.4) is 0 Å². The van der Waals surface area contributed by atoms with Crippen LogP contribution in [0.25, 0.3) is 11.4 Å². The smallest absolute Gasteiger partial charge is 0.163 e. The van der Waals surface area contributed by atoms with Gasteiger partial charge in [0.2, 0.25) is 0 Å². The third kappa shape index (κ3) is 2.82. The van der Waals surface area contributed by atoms with E-state index in [-0.39, 0.29) is 0 Å². The number of anilines is 1. The molecule has 0 aliphatic carbocycles. The summed E-state index contributed by atoms with van der Waals surface area (Å²) in [6.07, 6.45) is 0.886. The fourth-order valence-electron chi connectivity index (χ4n) is 2.02. The Hall–Kier alpha value is -1.32. The van der Waals surface area contributed by atoms with E-state index in [0.29, 0.717) is 15.9 Å². The van der Waals surface area contributed by atoms with Crippen LogP contribution in [-0.4, -0.2) is 17.0 Å². The number of aromatic nitrogens is 2. The maximum Gasteiger partial charge on any atom is 0.163 e. The van der Waals surface area contributed by atoms with Crippen molar-refractivity contribution in [2.75, 3.05) is 12.4 Å². The molecule has 0 aliphatic heterocycles. The van der Waals surface area contributed by atoms with Crippen LogP contribution in [0.5, 0.6) is 0 Å². The topological polar surface area (TPSA) is 37.8 Å².